The smallest absolute Gasteiger partial charge is 0.252 e. The van der Waals surface area contributed by atoms with Crippen LogP contribution in [0.15, 0.2) is 36.5 Å². The van der Waals surface area contributed by atoms with Crippen molar-refractivity contribution in [3.8, 4) is 11.3 Å². The number of pyridine rings is 1. The number of aryl methyl sites for hydroxylation is 1. The van der Waals surface area contributed by atoms with Gasteiger partial charge >= 0.3 is 0 Å². The zero-order chi connectivity index (χ0) is 18.8. The Morgan fingerprint density at radius 2 is 2.04 bits per heavy atom. The Labute approximate surface area is 157 Å². The summed E-state index contributed by atoms with van der Waals surface area (Å²) in [6.45, 7) is 0.679. The second-order valence-electron chi connectivity index (χ2n) is 7.25. The molecule has 5 nitrogen and oxygen atoms in total. The molecule has 0 aliphatic heterocycles. The fraction of sp³-hybridized carbons (Fsp3) is 0.381. The van der Waals surface area contributed by atoms with E-state index in [0.717, 1.165) is 0 Å². The molecule has 0 saturated heterocycles. The average Bonchev–Trinajstić information content (AvgIpc) is 3.07. The third-order valence-corrected chi connectivity index (χ3v) is 5.38. The molecule has 0 spiro atoms. The number of rotatable bonds is 4. The van der Waals surface area contributed by atoms with Gasteiger partial charge in [-0.25, -0.2) is 9.37 Å². The summed E-state index contributed by atoms with van der Waals surface area (Å²) in [6, 6.07) is 8.13. The molecule has 0 bridgehead atoms. The van der Waals surface area contributed by atoms with Crippen molar-refractivity contribution in [3.05, 3.63) is 47.9 Å². The molecule has 2 heterocycles. The second-order valence-corrected chi connectivity index (χ2v) is 7.25. The predicted octanol–water partition coefficient (Wildman–Crippen LogP) is 4.08. The van der Waals surface area contributed by atoms with Crippen LogP contribution in [0.4, 0.5) is 4.39 Å². The van der Waals surface area contributed by atoms with Gasteiger partial charge in [-0.1, -0.05) is 31.4 Å². The number of aromatic nitrogens is 3. The van der Waals surface area contributed by atoms with Crippen molar-refractivity contribution >= 4 is 16.9 Å². The van der Waals surface area contributed by atoms with E-state index in [1.165, 1.54) is 38.2 Å². The molecular formula is C21H23FN4O. The lowest BCUT2D eigenvalue weighted by Gasteiger charge is -2.21. The Morgan fingerprint density at radius 3 is 2.81 bits per heavy atom. The van der Waals surface area contributed by atoms with E-state index in [4.69, 9.17) is 0 Å². The van der Waals surface area contributed by atoms with Crippen molar-refractivity contribution < 1.29 is 9.18 Å². The van der Waals surface area contributed by atoms with Crippen molar-refractivity contribution in [2.45, 2.75) is 32.1 Å². The topological polar surface area (TPSA) is 59.8 Å². The van der Waals surface area contributed by atoms with Gasteiger partial charge in [0.05, 0.1) is 22.8 Å². The number of hydrogen-bond acceptors (Lipinski definition) is 3. The van der Waals surface area contributed by atoms with E-state index in [9.17, 15) is 9.18 Å². The largest absolute Gasteiger partial charge is 0.352 e. The molecule has 140 valence electrons. The quantitative estimate of drug-likeness (QED) is 0.757. The summed E-state index contributed by atoms with van der Waals surface area (Å²) in [4.78, 5) is 17.4. The number of fused-ring (bicyclic) bond motifs is 1. The number of benzene rings is 1. The lowest BCUT2D eigenvalue weighted by atomic mass is 9.89. The molecule has 0 radical (unpaired) electrons. The molecular weight excluding hydrogens is 343 g/mol. The standard InChI is InChI=1S/C21H23FN4O/c1-26-20-17(13-24-26)16(21(27)23-12-14-7-3-2-4-8-14)11-19(25-20)15-9-5-6-10-18(15)22/h5-6,9-11,13-14H,2-4,7-8,12H2,1H3,(H,23,27). The minimum absolute atomic E-state index is 0.154. The van der Waals surface area contributed by atoms with Gasteiger partial charge in [0, 0.05) is 19.2 Å². The molecule has 1 aromatic carbocycles. The molecule has 2 aromatic heterocycles. The monoisotopic (exact) mass is 366 g/mol. The van der Waals surface area contributed by atoms with Gasteiger partial charge in [0.1, 0.15) is 5.82 Å². The van der Waals surface area contributed by atoms with Gasteiger partial charge in [-0.05, 0) is 37.0 Å². The van der Waals surface area contributed by atoms with Crippen molar-refractivity contribution in [3.63, 3.8) is 0 Å². The Bertz CT molecular complexity index is 975. The first-order valence-corrected chi connectivity index (χ1v) is 9.49. The van der Waals surface area contributed by atoms with E-state index in [1.807, 2.05) is 0 Å². The molecule has 1 aliphatic rings. The molecule has 6 heteroatoms. The maximum Gasteiger partial charge on any atom is 0.252 e. The van der Waals surface area contributed by atoms with Crippen LogP contribution in [0.2, 0.25) is 0 Å². The number of hydrogen-bond donors (Lipinski definition) is 1. The van der Waals surface area contributed by atoms with Gasteiger partial charge in [0.25, 0.3) is 5.91 Å². The third kappa shape index (κ3) is 3.56. The third-order valence-electron chi connectivity index (χ3n) is 5.38. The lowest BCUT2D eigenvalue weighted by Crippen LogP contribution is -2.30. The highest BCUT2D eigenvalue weighted by molar-refractivity contribution is 6.06. The number of halogens is 1. The summed E-state index contributed by atoms with van der Waals surface area (Å²) >= 11 is 0. The number of amides is 1. The van der Waals surface area contributed by atoms with Crippen LogP contribution in [0.1, 0.15) is 42.5 Å². The van der Waals surface area contributed by atoms with Crippen LogP contribution in [-0.4, -0.2) is 27.2 Å². The SMILES string of the molecule is Cn1ncc2c(C(=O)NCC3CCCCC3)cc(-c3ccccc3F)nc21. The molecule has 0 atom stereocenters. The van der Waals surface area contributed by atoms with Gasteiger partial charge in [0.15, 0.2) is 5.65 Å². The maximum absolute atomic E-state index is 14.3. The fourth-order valence-electron chi connectivity index (χ4n) is 3.83. The van der Waals surface area contributed by atoms with E-state index >= 15 is 0 Å². The highest BCUT2D eigenvalue weighted by atomic mass is 19.1. The molecule has 27 heavy (non-hydrogen) atoms. The number of carbonyl (C=O) groups excluding carboxylic acids is 1. The molecule has 1 saturated carbocycles. The van der Waals surface area contributed by atoms with Crippen LogP contribution in [-0.2, 0) is 7.05 Å². The highest BCUT2D eigenvalue weighted by Crippen LogP contribution is 2.27. The van der Waals surface area contributed by atoms with Gasteiger partial charge in [-0.2, -0.15) is 5.10 Å². The van der Waals surface area contributed by atoms with E-state index < -0.39 is 0 Å². The lowest BCUT2D eigenvalue weighted by molar-refractivity contribution is 0.0945. The number of carbonyl (C=O) groups is 1. The zero-order valence-electron chi connectivity index (χ0n) is 15.4. The molecule has 1 aliphatic carbocycles. The molecule has 1 fully saturated rings. The fourth-order valence-corrected chi connectivity index (χ4v) is 3.83. The van der Waals surface area contributed by atoms with Crippen LogP contribution < -0.4 is 5.32 Å². The summed E-state index contributed by atoms with van der Waals surface area (Å²) in [7, 11) is 1.77. The minimum atomic E-state index is -0.361. The van der Waals surface area contributed by atoms with Gasteiger partial charge in [-0.15, -0.1) is 0 Å². The first kappa shape index (κ1) is 17.6. The molecule has 1 N–H and O–H groups in total. The molecule has 0 unspecified atom stereocenters. The van der Waals surface area contributed by atoms with E-state index in [-0.39, 0.29) is 11.7 Å². The zero-order valence-corrected chi connectivity index (χ0v) is 15.4. The summed E-state index contributed by atoms with van der Waals surface area (Å²) < 4.78 is 15.9. The van der Waals surface area contributed by atoms with Crippen molar-refractivity contribution in [2.24, 2.45) is 13.0 Å². The summed E-state index contributed by atoms with van der Waals surface area (Å²) in [6.07, 6.45) is 7.74. The first-order valence-electron chi connectivity index (χ1n) is 9.49. The van der Waals surface area contributed by atoms with Crippen molar-refractivity contribution in [1.29, 1.82) is 0 Å². The van der Waals surface area contributed by atoms with Crippen LogP contribution in [0, 0.1) is 11.7 Å². The molecule has 1 amide bonds. The summed E-state index contributed by atoms with van der Waals surface area (Å²) in [5.74, 6) is 0.0265. The van der Waals surface area contributed by atoms with Crippen molar-refractivity contribution in [2.75, 3.05) is 6.54 Å². The summed E-state index contributed by atoms with van der Waals surface area (Å²) in [5.41, 5.74) is 1.87. The van der Waals surface area contributed by atoms with Crippen LogP contribution in [0.25, 0.3) is 22.3 Å². The van der Waals surface area contributed by atoms with E-state index in [2.05, 4.69) is 15.4 Å². The van der Waals surface area contributed by atoms with E-state index in [1.54, 1.807) is 42.2 Å². The van der Waals surface area contributed by atoms with Crippen LogP contribution >= 0.6 is 0 Å². The Kier molecular flexibility index (Phi) is 4.88. The van der Waals surface area contributed by atoms with Crippen LogP contribution in [0.3, 0.4) is 0 Å². The maximum atomic E-state index is 14.3. The first-order chi connectivity index (χ1) is 13.1. The van der Waals surface area contributed by atoms with Gasteiger partial charge < -0.3 is 5.32 Å². The van der Waals surface area contributed by atoms with E-state index in [0.29, 0.717) is 40.3 Å². The molecule has 3 aromatic rings. The Hall–Kier alpha value is -2.76. The summed E-state index contributed by atoms with van der Waals surface area (Å²) in [5, 5.41) is 7.97. The predicted molar refractivity (Wildman–Crippen MR) is 103 cm³/mol. The number of nitrogens with zero attached hydrogens (tertiary/aromatic N) is 3. The highest BCUT2D eigenvalue weighted by Gasteiger charge is 2.19. The number of nitrogens with one attached hydrogen (secondary N) is 1. The average molecular weight is 366 g/mol. The van der Waals surface area contributed by atoms with Gasteiger partial charge in [0.2, 0.25) is 0 Å². The van der Waals surface area contributed by atoms with Gasteiger partial charge in [-0.3, -0.25) is 9.48 Å². The van der Waals surface area contributed by atoms with Crippen molar-refractivity contribution in [1.82, 2.24) is 20.1 Å². The second kappa shape index (κ2) is 7.47. The van der Waals surface area contributed by atoms with Crippen LogP contribution in [0.5, 0.6) is 0 Å². The Morgan fingerprint density at radius 1 is 1.26 bits per heavy atom. The normalized spacial score (nSPS) is 15.2. The minimum Gasteiger partial charge on any atom is -0.352 e. The Balaban J connectivity index is 1.68. The molecule has 4 rings (SSSR count).